The van der Waals surface area contributed by atoms with Gasteiger partial charge in [0.1, 0.15) is 0 Å². The number of methoxy groups -OCH3 is 2. The van der Waals surface area contributed by atoms with Crippen molar-refractivity contribution in [1.82, 2.24) is 0 Å². The smallest absolute Gasteiger partial charge is 0.364 e. The van der Waals surface area contributed by atoms with Gasteiger partial charge in [0.25, 0.3) is 12.3 Å². The zero-order valence-corrected chi connectivity index (χ0v) is 8.52. The van der Waals surface area contributed by atoms with E-state index in [-0.39, 0.29) is 6.47 Å². The molecule has 0 saturated carbocycles. The van der Waals surface area contributed by atoms with Crippen LogP contribution < -0.4 is 0 Å². The van der Waals surface area contributed by atoms with Crippen LogP contribution in [0.2, 0.25) is 0 Å². The maximum absolute atomic E-state index is 10.6. The van der Waals surface area contributed by atoms with Gasteiger partial charge in [-0.05, 0) is 0 Å². The molecule has 0 saturated heterocycles. The van der Waals surface area contributed by atoms with E-state index in [1.54, 1.807) is 0 Å². The number of carboxylic acids is 1. The van der Waals surface area contributed by atoms with E-state index in [1.807, 2.05) is 6.92 Å². The van der Waals surface area contributed by atoms with Crippen LogP contribution >= 0.6 is 0 Å². The molecule has 0 aromatic rings. The Morgan fingerprint density at radius 1 is 1.43 bits per heavy atom. The van der Waals surface area contributed by atoms with Gasteiger partial charge in [-0.3, -0.25) is 4.79 Å². The monoisotopic (exact) mass is 208 g/mol. The van der Waals surface area contributed by atoms with Crippen molar-refractivity contribution in [2.45, 2.75) is 25.6 Å². The Bertz CT molecular complexity index is 163. The quantitative estimate of drug-likeness (QED) is 0.506. The highest BCUT2D eigenvalue weighted by Crippen LogP contribution is 2.18. The van der Waals surface area contributed by atoms with Gasteiger partial charge in [-0.25, -0.2) is 4.79 Å². The van der Waals surface area contributed by atoms with Crippen LogP contribution in [-0.4, -0.2) is 42.7 Å². The van der Waals surface area contributed by atoms with Crippen molar-refractivity contribution in [3.8, 4) is 0 Å². The van der Waals surface area contributed by atoms with Crippen LogP contribution in [-0.2, 0) is 19.1 Å². The Balaban J connectivity index is 0. The standard InChI is InChI=1S/C7H14O4.CH2O2/c1-4-5-7(10-2,11-3)6(8)9;2-1-3/h4-5H2,1-3H3,(H,8,9);1H,(H,2,3). The average molecular weight is 208 g/mol. The van der Waals surface area contributed by atoms with E-state index in [1.165, 1.54) is 14.2 Å². The lowest BCUT2D eigenvalue weighted by molar-refractivity contribution is -0.227. The molecule has 84 valence electrons. The first kappa shape index (κ1) is 15.3. The fourth-order valence-electron chi connectivity index (χ4n) is 0.898. The highest BCUT2D eigenvalue weighted by atomic mass is 16.7. The predicted molar refractivity (Wildman–Crippen MR) is 48.0 cm³/mol. The van der Waals surface area contributed by atoms with Crippen molar-refractivity contribution in [1.29, 1.82) is 0 Å². The van der Waals surface area contributed by atoms with E-state index in [0.717, 1.165) is 0 Å². The first-order valence-electron chi connectivity index (χ1n) is 3.96. The van der Waals surface area contributed by atoms with E-state index in [9.17, 15) is 4.79 Å². The molecule has 0 aromatic heterocycles. The summed E-state index contributed by atoms with van der Waals surface area (Å²) in [6, 6.07) is 0. The van der Waals surface area contributed by atoms with Crippen molar-refractivity contribution >= 4 is 12.4 Å². The number of hydrogen-bond acceptors (Lipinski definition) is 4. The minimum absolute atomic E-state index is 0.250. The van der Waals surface area contributed by atoms with Crippen LogP contribution in [0.5, 0.6) is 0 Å². The van der Waals surface area contributed by atoms with Crippen LogP contribution in [0.25, 0.3) is 0 Å². The Labute approximate surface area is 82.4 Å². The van der Waals surface area contributed by atoms with E-state index >= 15 is 0 Å². The Morgan fingerprint density at radius 3 is 1.86 bits per heavy atom. The normalized spacial score (nSPS) is 9.93. The van der Waals surface area contributed by atoms with Crippen molar-refractivity contribution < 1.29 is 29.3 Å². The maximum Gasteiger partial charge on any atom is 0.364 e. The van der Waals surface area contributed by atoms with Gasteiger partial charge in [-0.1, -0.05) is 13.3 Å². The zero-order valence-electron chi connectivity index (χ0n) is 8.52. The molecule has 0 atom stereocenters. The maximum atomic E-state index is 10.6. The van der Waals surface area contributed by atoms with E-state index in [4.69, 9.17) is 24.5 Å². The summed E-state index contributed by atoms with van der Waals surface area (Å²) >= 11 is 0. The molecule has 14 heavy (non-hydrogen) atoms. The molecule has 6 heteroatoms. The molecular formula is C8H16O6. The molecule has 0 bridgehead atoms. The van der Waals surface area contributed by atoms with Gasteiger partial charge in [-0.2, -0.15) is 0 Å². The topological polar surface area (TPSA) is 93.1 Å². The number of carboxylic acid groups (broad SMARTS) is 2. The second kappa shape index (κ2) is 8.46. The molecule has 2 N–H and O–H groups in total. The van der Waals surface area contributed by atoms with Crippen molar-refractivity contribution in [3.63, 3.8) is 0 Å². The summed E-state index contributed by atoms with van der Waals surface area (Å²) in [7, 11) is 2.65. The zero-order chi connectivity index (χ0) is 11.6. The molecule has 0 aliphatic heterocycles. The fraction of sp³-hybridized carbons (Fsp3) is 0.750. The third-order valence-electron chi connectivity index (χ3n) is 1.56. The van der Waals surface area contributed by atoms with Gasteiger partial charge in [0, 0.05) is 20.6 Å². The molecule has 0 aliphatic carbocycles. The summed E-state index contributed by atoms with van der Waals surface area (Å²) in [5.74, 6) is -2.53. The van der Waals surface area contributed by atoms with E-state index in [0.29, 0.717) is 12.8 Å². The summed E-state index contributed by atoms with van der Waals surface area (Å²) in [4.78, 5) is 19.0. The summed E-state index contributed by atoms with van der Waals surface area (Å²) < 4.78 is 9.53. The summed E-state index contributed by atoms with van der Waals surface area (Å²) in [5, 5.41) is 15.6. The molecule has 0 aliphatic rings. The van der Waals surface area contributed by atoms with E-state index in [2.05, 4.69) is 0 Å². The number of hydrogen-bond donors (Lipinski definition) is 2. The molecule has 0 heterocycles. The minimum atomic E-state index is -1.45. The lowest BCUT2D eigenvalue weighted by Gasteiger charge is -2.25. The third kappa shape index (κ3) is 4.78. The molecule has 0 unspecified atom stereocenters. The first-order chi connectivity index (χ1) is 6.54. The molecule has 0 radical (unpaired) electrons. The van der Waals surface area contributed by atoms with Gasteiger partial charge in [-0.15, -0.1) is 0 Å². The lowest BCUT2D eigenvalue weighted by Crippen LogP contribution is -2.42. The van der Waals surface area contributed by atoms with Gasteiger partial charge in [0.15, 0.2) is 0 Å². The van der Waals surface area contributed by atoms with Gasteiger partial charge in [0.2, 0.25) is 0 Å². The van der Waals surface area contributed by atoms with Crippen LogP contribution in [0.15, 0.2) is 0 Å². The number of rotatable bonds is 5. The van der Waals surface area contributed by atoms with Gasteiger partial charge < -0.3 is 19.7 Å². The molecule has 0 aromatic carbocycles. The number of carbonyl (C=O) groups is 2. The van der Waals surface area contributed by atoms with E-state index < -0.39 is 11.8 Å². The van der Waals surface area contributed by atoms with Crippen LogP contribution in [0.3, 0.4) is 0 Å². The molecule has 0 rings (SSSR count). The van der Waals surface area contributed by atoms with Gasteiger partial charge in [0.05, 0.1) is 0 Å². The second-order valence-electron chi connectivity index (χ2n) is 2.32. The van der Waals surface area contributed by atoms with Crippen molar-refractivity contribution in [3.05, 3.63) is 0 Å². The molecule has 0 fully saturated rings. The SMILES string of the molecule is CCCC(OC)(OC)C(=O)O.O=CO. The highest BCUT2D eigenvalue weighted by molar-refractivity contribution is 5.75. The summed E-state index contributed by atoms with van der Waals surface area (Å²) in [6.07, 6.45) is 1.06. The van der Waals surface area contributed by atoms with Crippen LogP contribution in [0, 0.1) is 0 Å². The molecule has 0 spiro atoms. The third-order valence-corrected chi connectivity index (χ3v) is 1.56. The summed E-state index contributed by atoms with van der Waals surface area (Å²) in [6.45, 7) is 1.62. The highest BCUT2D eigenvalue weighted by Gasteiger charge is 2.37. The van der Waals surface area contributed by atoms with Crippen molar-refractivity contribution in [2.24, 2.45) is 0 Å². The van der Waals surface area contributed by atoms with Crippen LogP contribution in [0.1, 0.15) is 19.8 Å². The average Bonchev–Trinajstić information content (AvgIpc) is 2.15. The first-order valence-corrected chi connectivity index (χ1v) is 3.96. The predicted octanol–water partition coefficient (Wildman–Crippen LogP) is 0.561. The van der Waals surface area contributed by atoms with Crippen molar-refractivity contribution in [2.75, 3.05) is 14.2 Å². The van der Waals surface area contributed by atoms with Gasteiger partial charge >= 0.3 is 5.97 Å². The number of aliphatic carboxylic acids is 1. The fourth-order valence-corrected chi connectivity index (χ4v) is 0.898. The minimum Gasteiger partial charge on any atom is -0.483 e. The summed E-state index contributed by atoms with van der Waals surface area (Å²) in [5.41, 5.74) is 0. The Kier molecular flexibility index (Phi) is 9.27. The lowest BCUT2D eigenvalue weighted by atomic mass is 10.1. The molecule has 0 amide bonds. The molecular weight excluding hydrogens is 192 g/mol. The Hall–Kier alpha value is -1.14. The Morgan fingerprint density at radius 2 is 1.79 bits per heavy atom. The molecule has 6 nitrogen and oxygen atoms in total. The second-order valence-corrected chi connectivity index (χ2v) is 2.32. The van der Waals surface area contributed by atoms with Crippen LogP contribution in [0.4, 0.5) is 0 Å². The number of ether oxygens (including phenoxy) is 2. The largest absolute Gasteiger partial charge is 0.483 e.